The SMILES string of the molecule is [B]C([B])(NCC1(F)CC([B])([B])N(C(=O)c2ccc(F)c(Cl)c2)CC1([B])[B])c1ncc(C)cn1. The van der Waals surface area contributed by atoms with E-state index >= 15 is 4.39 Å². The molecule has 33 heavy (non-hydrogen) atoms. The standard InChI is InChI=1S/C19H15B6ClF2N4O/c1-10-5-29-15(30-6-10)19(24,25)31-8-16(28)7-18(22,23)32(9-17(16,20)21)14(33)11-2-3-13(27)12(26)4-11/h2-6,31H,7-9H2,1H3. The first kappa shape index (κ1) is 25.9. The molecule has 2 heterocycles. The first-order chi connectivity index (χ1) is 15.1. The number of hydrogen-bond donors (Lipinski definition) is 1. The highest BCUT2D eigenvalue weighted by Crippen LogP contribution is 2.47. The van der Waals surface area contributed by atoms with Gasteiger partial charge >= 0.3 is 0 Å². The van der Waals surface area contributed by atoms with Crippen LogP contribution in [-0.2, 0) is 5.34 Å². The molecule has 1 aliphatic heterocycles. The molecule has 1 aromatic carbocycles. The summed E-state index contributed by atoms with van der Waals surface area (Å²) >= 11 is 5.75. The van der Waals surface area contributed by atoms with Crippen molar-refractivity contribution in [1.29, 1.82) is 0 Å². The van der Waals surface area contributed by atoms with E-state index in [-0.39, 0.29) is 16.4 Å². The molecule has 14 heteroatoms. The fourth-order valence-electron chi connectivity index (χ4n) is 3.50. The third-order valence-electron chi connectivity index (χ3n) is 5.54. The van der Waals surface area contributed by atoms with Crippen molar-refractivity contribution < 1.29 is 13.6 Å². The van der Waals surface area contributed by atoms with Crippen molar-refractivity contribution in [2.45, 2.75) is 34.9 Å². The molecule has 1 aliphatic rings. The van der Waals surface area contributed by atoms with Gasteiger partial charge in [-0.1, -0.05) is 11.6 Å². The Morgan fingerprint density at radius 2 is 1.85 bits per heavy atom. The molecule has 1 amide bonds. The third-order valence-corrected chi connectivity index (χ3v) is 5.83. The van der Waals surface area contributed by atoms with Crippen molar-refractivity contribution in [2.75, 3.05) is 13.1 Å². The number of carbonyl (C=O) groups is 1. The van der Waals surface area contributed by atoms with E-state index < -0.39 is 52.8 Å². The van der Waals surface area contributed by atoms with Crippen LogP contribution in [0.3, 0.4) is 0 Å². The van der Waals surface area contributed by atoms with Gasteiger partial charge in [-0.25, -0.2) is 18.7 Å². The van der Waals surface area contributed by atoms with E-state index in [1.54, 1.807) is 6.92 Å². The Morgan fingerprint density at radius 1 is 1.24 bits per heavy atom. The van der Waals surface area contributed by atoms with Crippen LogP contribution in [0.2, 0.25) is 10.2 Å². The summed E-state index contributed by atoms with van der Waals surface area (Å²) < 4.78 is 29.6. The summed E-state index contributed by atoms with van der Waals surface area (Å²) in [7, 11) is 36.4. The maximum Gasteiger partial charge on any atom is 0.252 e. The zero-order valence-corrected chi connectivity index (χ0v) is 18.6. The van der Waals surface area contributed by atoms with Crippen molar-refractivity contribution >= 4 is 64.6 Å². The van der Waals surface area contributed by atoms with E-state index in [0.717, 1.165) is 22.6 Å². The van der Waals surface area contributed by atoms with E-state index in [4.69, 9.17) is 58.7 Å². The maximum absolute atomic E-state index is 16.1. The molecule has 2 aromatic rings. The Kier molecular flexibility index (Phi) is 6.91. The average molecular weight is 454 g/mol. The van der Waals surface area contributed by atoms with Gasteiger partial charge in [-0.15, -0.1) is 0 Å². The molecule has 1 saturated heterocycles. The minimum absolute atomic E-state index is 0.00362. The van der Waals surface area contributed by atoms with E-state index in [1.807, 2.05) is 0 Å². The smallest absolute Gasteiger partial charge is 0.252 e. The number of nitrogens with one attached hydrogen (secondary N) is 1. The Morgan fingerprint density at radius 3 is 2.42 bits per heavy atom. The van der Waals surface area contributed by atoms with Crippen LogP contribution >= 0.6 is 11.6 Å². The van der Waals surface area contributed by atoms with E-state index in [1.165, 1.54) is 18.5 Å². The minimum atomic E-state index is -2.46. The van der Waals surface area contributed by atoms with Gasteiger partial charge in [-0.2, -0.15) is 0 Å². The van der Waals surface area contributed by atoms with Crippen LogP contribution in [0.25, 0.3) is 0 Å². The normalized spacial score (nSPS) is 22.1. The number of nitrogens with zero attached hydrogens (tertiary/aromatic N) is 3. The predicted molar refractivity (Wildman–Crippen MR) is 127 cm³/mol. The first-order valence-electron chi connectivity index (χ1n) is 9.81. The molecule has 0 saturated carbocycles. The topological polar surface area (TPSA) is 58.1 Å². The Balaban J connectivity index is 1.82. The van der Waals surface area contributed by atoms with Crippen LogP contribution in [0, 0.1) is 12.7 Å². The monoisotopic (exact) mass is 454 g/mol. The van der Waals surface area contributed by atoms with E-state index in [2.05, 4.69) is 15.3 Å². The lowest BCUT2D eigenvalue weighted by Crippen LogP contribution is -2.69. The summed E-state index contributed by atoms with van der Waals surface area (Å²) in [6.45, 7) is 0.622. The molecule has 5 nitrogen and oxygen atoms in total. The summed E-state index contributed by atoms with van der Waals surface area (Å²) in [4.78, 5) is 22.0. The molecule has 1 atom stereocenters. The molecule has 0 aliphatic carbocycles. The molecule has 0 spiro atoms. The molecule has 0 bridgehead atoms. The number of aryl methyl sites for hydroxylation is 1. The highest BCUT2D eigenvalue weighted by Gasteiger charge is 2.55. The molecule has 3 rings (SSSR count). The number of alkyl halides is 1. The summed E-state index contributed by atoms with van der Waals surface area (Å²) in [6, 6.07) is 3.29. The number of carbonyl (C=O) groups excluding carboxylic acids is 1. The van der Waals surface area contributed by atoms with Crippen molar-refractivity contribution in [1.82, 2.24) is 20.2 Å². The Labute approximate surface area is 204 Å². The van der Waals surface area contributed by atoms with Gasteiger partial charge in [0.25, 0.3) is 5.91 Å². The van der Waals surface area contributed by atoms with Crippen LogP contribution in [0.15, 0.2) is 30.6 Å². The minimum Gasteiger partial charge on any atom is -0.351 e. The summed E-state index contributed by atoms with van der Waals surface area (Å²) in [5.74, 6) is -1.47. The quantitative estimate of drug-likeness (QED) is 0.663. The molecular formula is C19H15B6ClF2N4O. The van der Waals surface area contributed by atoms with Gasteiger partial charge in [-0.3, -0.25) is 4.79 Å². The zero-order chi connectivity index (χ0) is 24.8. The predicted octanol–water partition coefficient (Wildman–Crippen LogP) is 0.313. The van der Waals surface area contributed by atoms with Gasteiger partial charge in [0, 0.05) is 36.4 Å². The van der Waals surface area contributed by atoms with E-state index in [9.17, 15) is 9.18 Å². The number of rotatable bonds is 5. The fourth-order valence-corrected chi connectivity index (χ4v) is 3.68. The second-order valence-electron chi connectivity index (χ2n) is 8.50. The average Bonchev–Trinajstić information content (AvgIpc) is 2.71. The molecule has 1 N–H and O–H groups in total. The molecule has 12 radical (unpaired) electrons. The molecule has 1 fully saturated rings. The van der Waals surface area contributed by atoms with Crippen LogP contribution in [0.1, 0.15) is 28.2 Å². The lowest BCUT2D eigenvalue weighted by molar-refractivity contribution is 0.0146. The second-order valence-corrected chi connectivity index (χ2v) is 8.91. The number of benzene rings is 1. The maximum atomic E-state index is 16.1. The van der Waals surface area contributed by atoms with Crippen molar-refractivity contribution in [2.24, 2.45) is 0 Å². The number of halogens is 3. The number of amides is 1. The van der Waals surface area contributed by atoms with Gasteiger partial charge in [0.05, 0.1) is 52.1 Å². The van der Waals surface area contributed by atoms with Crippen LogP contribution in [-0.4, -0.2) is 91.9 Å². The number of aromatic nitrogens is 2. The first-order valence-corrected chi connectivity index (χ1v) is 10.2. The van der Waals surface area contributed by atoms with Crippen LogP contribution < -0.4 is 5.32 Å². The summed E-state index contributed by atoms with van der Waals surface area (Å²) in [5, 5.41) is -3.63. The van der Waals surface area contributed by atoms with Gasteiger partial charge in [0.2, 0.25) is 0 Å². The van der Waals surface area contributed by atoms with Crippen LogP contribution in [0.4, 0.5) is 8.78 Å². The number of piperidine rings is 1. The molecule has 1 aromatic heterocycles. The Hall–Kier alpha value is -1.73. The fraction of sp³-hybridized carbons (Fsp3) is 0.421. The molecule has 1 unspecified atom stereocenters. The summed E-state index contributed by atoms with van der Waals surface area (Å²) in [6.07, 6.45) is 2.32. The van der Waals surface area contributed by atoms with Gasteiger partial charge in [-0.05, 0) is 47.7 Å². The molecule has 156 valence electrons. The van der Waals surface area contributed by atoms with Crippen molar-refractivity contribution in [3.8, 4) is 0 Å². The summed E-state index contributed by atoms with van der Waals surface area (Å²) in [5.41, 5.74) is -1.71. The number of likely N-dealkylation sites (tertiary alicyclic amines) is 1. The van der Waals surface area contributed by atoms with Crippen molar-refractivity contribution in [3.05, 3.63) is 58.4 Å². The van der Waals surface area contributed by atoms with Gasteiger partial charge in [0.15, 0.2) is 0 Å². The van der Waals surface area contributed by atoms with Gasteiger partial charge < -0.3 is 10.2 Å². The van der Waals surface area contributed by atoms with Gasteiger partial charge in [0.1, 0.15) is 17.3 Å². The third kappa shape index (κ3) is 5.19. The Bertz CT molecular complexity index is 1060. The lowest BCUT2D eigenvalue weighted by Gasteiger charge is -2.58. The second kappa shape index (κ2) is 8.80. The largest absolute Gasteiger partial charge is 0.351 e. The van der Waals surface area contributed by atoms with Crippen LogP contribution in [0.5, 0.6) is 0 Å². The van der Waals surface area contributed by atoms with E-state index in [0.29, 0.717) is 0 Å². The zero-order valence-electron chi connectivity index (χ0n) is 17.9. The highest BCUT2D eigenvalue weighted by molar-refractivity contribution is 6.44. The lowest BCUT2D eigenvalue weighted by atomic mass is 9.39. The number of hydrogen-bond acceptors (Lipinski definition) is 4. The van der Waals surface area contributed by atoms with Crippen molar-refractivity contribution in [3.63, 3.8) is 0 Å². The highest BCUT2D eigenvalue weighted by atomic mass is 35.5. The molecular weight excluding hydrogens is 439 g/mol.